The third-order valence-electron chi connectivity index (χ3n) is 2.43. The molecule has 0 aliphatic carbocycles. The second-order valence-corrected chi connectivity index (χ2v) is 5.57. The largest absolute Gasteiger partial charge is 0.374 e. The quantitative estimate of drug-likeness (QED) is 0.868. The Morgan fingerprint density at radius 1 is 1.33 bits per heavy atom. The molecule has 1 atom stereocenters. The number of aryl methyl sites for hydroxylation is 1. The summed E-state index contributed by atoms with van der Waals surface area (Å²) < 4.78 is 13.1. The minimum atomic E-state index is -0.367. The number of nitrogens with one attached hydrogen (secondary N) is 2. The van der Waals surface area contributed by atoms with Gasteiger partial charge in [0, 0.05) is 11.2 Å². The molecule has 0 aliphatic rings. The molecule has 2 N–H and O–H groups in total. The monoisotopic (exact) mass is 252 g/mol. The van der Waals surface area contributed by atoms with Crippen molar-refractivity contribution in [1.82, 2.24) is 5.32 Å². The summed E-state index contributed by atoms with van der Waals surface area (Å²) >= 11 is 0. The summed E-state index contributed by atoms with van der Waals surface area (Å²) in [6.07, 6.45) is 0. The van der Waals surface area contributed by atoms with E-state index in [0.717, 1.165) is 5.69 Å². The summed E-state index contributed by atoms with van der Waals surface area (Å²) in [7, 11) is 0. The molecule has 0 heterocycles. The first-order valence-corrected chi connectivity index (χ1v) is 6.04. The molecule has 1 rings (SSSR count). The predicted octanol–water partition coefficient (Wildman–Crippen LogP) is 2.85. The summed E-state index contributed by atoms with van der Waals surface area (Å²) in [6.45, 7) is 9.26. The average molecular weight is 252 g/mol. The normalized spacial score (nSPS) is 13.0. The van der Waals surface area contributed by atoms with Gasteiger partial charge in [-0.15, -0.1) is 0 Å². The standard InChI is InChI=1S/C14H21FN2O/c1-9-8-11(6-7-12(9)15)16-10(2)13(18)17-14(3,4)5/h6-8,10,16H,1-5H3,(H,17,18). The molecule has 1 amide bonds. The van der Waals surface area contributed by atoms with Crippen molar-refractivity contribution in [1.29, 1.82) is 0 Å². The van der Waals surface area contributed by atoms with Crippen LogP contribution in [0.15, 0.2) is 18.2 Å². The van der Waals surface area contributed by atoms with E-state index in [0.29, 0.717) is 5.56 Å². The topological polar surface area (TPSA) is 41.1 Å². The lowest BCUT2D eigenvalue weighted by atomic mass is 10.1. The zero-order valence-electron chi connectivity index (χ0n) is 11.6. The Hall–Kier alpha value is -1.58. The Labute approximate surface area is 108 Å². The van der Waals surface area contributed by atoms with Gasteiger partial charge in [0.05, 0.1) is 0 Å². The number of amides is 1. The van der Waals surface area contributed by atoms with Gasteiger partial charge in [-0.3, -0.25) is 4.79 Å². The van der Waals surface area contributed by atoms with Crippen LogP contribution >= 0.6 is 0 Å². The van der Waals surface area contributed by atoms with E-state index in [1.165, 1.54) is 6.07 Å². The third kappa shape index (κ3) is 4.35. The second kappa shape index (κ2) is 5.38. The fourth-order valence-corrected chi connectivity index (χ4v) is 1.53. The van der Waals surface area contributed by atoms with Gasteiger partial charge in [-0.1, -0.05) is 0 Å². The minimum absolute atomic E-state index is 0.0792. The molecule has 0 aromatic heterocycles. The lowest BCUT2D eigenvalue weighted by molar-refractivity contribution is -0.122. The highest BCUT2D eigenvalue weighted by Crippen LogP contribution is 2.14. The predicted molar refractivity (Wildman–Crippen MR) is 72.1 cm³/mol. The van der Waals surface area contributed by atoms with Crippen LogP contribution < -0.4 is 10.6 Å². The maximum Gasteiger partial charge on any atom is 0.242 e. The van der Waals surface area contributed by atoms with Crippen molar-refractivity contribution in [3.63, 3.8) is 0 Å². The fourth-order valence-electron chi connectivity index (χ4n) is 1.53. The molecule has 1 unspecified atom stereocenters. The number of benzene rings is 1. The van der Waals surface area contributed by atoms with Gasteiger partial charge in [0.25, 0.3) is 0 Å². The van der Waals surface area contributed by atoms with Crippen molar-refractivity contribution in [2.45, 2.75) is 46.2 Å². The smallest absolute Gasteiger partial charge is 0.242 e. The minimum Gasteiger partial charge on any atom is -0.374 e. The molecular formula is C14H21FN2O. The first-order chi connectivity index (χ1) is 8.19. The second-order valence-electron chi connectivity index (χ2n) is 5.57. The number of hydrogen-bond acceptors (Lipinski definition) is 2. The molecule has 1 aromatic rings. The van der Waals surface area contributed by atoms with Crippen molar-refractivity contribution in [3.05, 3.63) is 29.6 Å². The number of carbonyl (C=O) groups is 1. The van der Waals surface area contributed by atoms with Crippen LogP contribution in [-0.2, 0) is 4.79 Å². The Kier molecular flexibility index (Phi) is 4.33. The summed E-state index contributed by atoms with van der Waals surface area (Å²) in [4.78, 5) is 11.9. The molecule has 0 spiro atoms. The molecule has 0 aliphatic heterocycles. The highest BCUT2D eigenvalue weighted by Gasteiger charge is 2.19. The van der Waals surface area contributed by atoms with Crippen LogP contribution in [0, 0.1) is 12.7 Å². The summed E-state index contributed by atoms with van der Waals surface area (Å²) in [5.74, 6) is -0.322. The lowest BCUT2D eigenvalue weighted by Gasteiger charge is -2.24. The molecule has 0 saturated carbocycles. The summed E-state index contributed by atoms with van der Waals surface area (Å²) in [5, 5.41) is 5.94. The third-order valence-corrected chi connectivity index (χ3v) is 2.43. The van der Waals surface area contributed by atoms with Crippen LogP contribution in [0.4, 0.5) is 10.1 Å². The SMILES string of the molecule is Cc1cc(NC(C)C(=O)NC(C)(C)C)ccc1F. The van der Waals surface area contributed by atoms with Crippen molar-refractivity contribution < 1.29 is 9.18 Å². The summed E-state index contributed by atoms with van der Waals surface area (Å²) in [5.41, 5.74) is 1.04. The maximum absolute atomic E-state index is 13.1. The Morgan fingerprint density at radius 3 is 2.44 bits per heavy atom. The molecule has 0 bridgehead atoms. The maximum atomic E-state index is 13.1. The lowest BCUT2D eigenvalue weighted by Crippen LogP contribution is -2.47. The van der Waals surface area contributed by atoms with Gasteiger partial charge in [0.15, 0.2) is 0 Å². The van der Waals surface area contributed by atoms with Crippen LogP contribution in [0.5, 0.6) is 0 Å². The first kappa shape index (κ1) is 14.5. The number of halogens is 1. The highest BCUT2D eigenvalue weighted by molar-refractivity contribution is 5.84. The fraction of sp³-hybridized carbons (Fsp3) is 0.500. The zero-order valence-corrected chi connectivity index (χ0v) is 11.6. The van der Waals surface area contributed by atoms with Crippen molar-refractivity contribution in [2.24, 2.45) is 0 Å². The molecular weight excluding hydrogens is 231 g/mol. The van der Waals surface area contributed by atoms with E-state index < -0.39 is 0 Å². The van der Waals surface area contributed by atoms with E-state index in [-0.39, 0.29) is 23.3 Å². The number of anilines is 1. The Balaban J connectivity index is 2.66. The van der Waals surface area contributed by atoms with Gasteiger partial charge in [-0.05, 0) is 58.4 Å². The first-order valence-electron chi connectivity index (χ1n) is 6.04. The van der Waals surface area contributed by atoms with E-state index in [4.69, 9.17) is 0 Å². The molecule has 4 heteroatoms. The van der Waals surface area contributed by atoms with Crippen LogP contribution in [0.2, 0.25) is 0 Å². The average Bonchev–Trinajstić information content (AvgIpc) is 2.21. The summed E-state index contributed by atoms with van der Waals surface area (Å²) in [6, 6.07) is 4.35. The molecule has 0 saturated heterocycles. The van der Waals surface area contributed by atoms with Gasteiger partial charge in [-0.2, -0.15) is 0 Å². The van der Waals surface area contributed by atoms with E-state index >= 15 is 0 Å². The van der Waals surface area contributed by atoms with Crippen LogP contribution in [-0.4, -0.2) is 17.5 Å². The zero-order chi connectivity index (χ0) is 13.9. The molecule has 18 heavy (non-hydrogen) atoms. The highest BCUT2D eigenvalue weighted by atomic mass is 19.1. The molecule has 1 aromatic carbocycles. The van der Waals surface area contributed by atoms with E-state index in [9.17, 15) is 9.18 Å². The molecule has 3 nitrogen and oxygen atoms in total. The molecule has 0 fully saturated rings. The van der Waals surface area contributed by atoms with Gasteiger partial charge in [0.1, 0.15) is 11.9 Å². The van der Waals surface area contributed by atoms with Crippen LogP contribution in [0.25, 0.3) is 0 Å². The van der Waals surface area contributed by atoms with E-state index in [1.54, 1.807) is 26.0 Å². The van der Waals surface area contributed by atoms with Crippen LogP contribution in [0.3, 0.4) is 0 Å². The van der Waals surface area contributed by atoms with Crippen molar-refractivity contribution >= 4 is 11.6 Å². The number of rotatable bonds is 3. The van der Waals surface area contributed by atoms with E-state index in [1.807, 2.05) is 20.8 Å². The van der Waals surface area contributed by atoms with Crippen molar-refractivity contribution in [3.8, 4) is 0 Å². The van der Waals surface area contributed by atoms with Gasteiger partial charge in [-0.25, -0.2) is 4.39 Å². The van der Waals surface area contributed by atoms with Crippen LogP contribution in [0.1, 0.15) is 33.3 Å². The Morgan fingerprint density at radius 2 is 1.94 bits per heavy atom. The van der Waals surface area contributed by atoms with Gasteiger partial charge in [0.2, 0.25) is 5.91 Å². The van der Waals surface area contributed by atoms with Crippen molar-refractivity contribution in [2.75, 3.05) is 5.32 Å². The number of carbonyl (C=O) groups excluding carboxylic acids is 1. The van der Waals surface area contributed by atoms with Gasteiger partial charge < -0.3 is 10.6 Å². The van der Waals surface area contributed by atoms with E-state index in [2.05, 4.69) is 10.6 Å². The van der Waals surface area contributed by atoms with Gasteiger partial charge >= 0.3 is 0 Å². The number of hydrogen-bond donors (Lipinski definition) is 2. The molecule has 0 radical (unpaired) electrons. The Bertz CT molecular complexity index is 438. The molecule has 100 valence electrons.